The number of nitrogens with two attached hydrogens (primary N) is 1. The highest BCUT2D eigenvalue weighted by atomic mass is 32.1. The summed E-state index contributed by atoms with van der Waals surface area (Å²) < 4.78 is 0. The average Bonchev–Trinajstić information content (AvgIpc) is 2.98. The van der Waals surface area contributed by atoms with Crippen LogP contribution in [0.5, 0.6) is 0 Å². The first-order chi connectivity index (χ1) is 10.2. The van der Waals surface area contributed by atoms with Crippen molar-refractivity contribution in [3.63, 3.8) is 0 Å². The summed E-state index contributed by atoms with van der Waals surface area (Å²) in [6.07, 6.45) is 1.24. The maximum absolute atomic E-state index is 12.1. The number of amides is 1. The van der Waals surface area contributed by atoms with Gasteiger partial charge in [-0.25, -0.2) is 0 Å². The molecule has 1 amide bonds. The maximum Gasteiger partial charge on any atom is 0.228 e. The number of carbonyl (C=O) groups is 1. The molecule has 0 aliphatic rings. The Bertz CT molecular complexity index is 666. The Kier molecular flexibility index (Phi) is 5.56. The van der Waals surface area contributed by atoms with Crippen molar-refractivity contribution >= 4 is 22.9 Å². The standard InChI is InChI=1S/C17H18N2OS/c1-2-15-10-13(4-3-8-18)5-6-16(15)19-17(20)11-14-7-9-21-12-14/h5-7,9-10,12H,2,8,11,18H2,1H3,(H,19,20). The Morgan fingerprint density at radius 1 is 1.38 bits per heavy atom. The zero-order valence-corrected chi connectivity index (χ0v) is 12.8. The van der Waals surface area contributed by atoms with Gasteiger partial charge in [-0.3, -0.25) is 4.79 Å². The van der Waals surface area contributed by atoms with Gasteiger partial charge in [0.1, 0.15) is 0 Å². The van der Waals surface area contributed by atoms with E-state index in [1.54, 1.807) is 11.3 Å². The highest BCUT2D eigenvalue weighted by Gasteiger charge is 2.08. The topological polar surface area (TPSA) is 55.1 Å². The molecule has 4 heteroatoms. The summed E-state index contributed by atoms with van der Waals surface area (Å²) in [7, 11) is 0. The van der Waals surface area contributed by atoms with E-state index in [2.05, 4.69) is 24.1 Å². The molecule has 0 unspecified atom stereocenters. The Labute approximate surface area is 129 Å². The Morgan fingerprint density at radius 3 is 2.90 bits per heavy atom. The molecule has 0 spiro atoms. The SMILES string of the molecule is CCc1cc(C#CCN)ccc1NC(=O)Cc1ccsc1. The van der Waals surface area contributed by atoms with E-state index in [1.165, 1.54) is 0 Å². The fourth-order valence-electron chi connectivity index (χ4n) is 2.01. The molecular formula is C17H18N2OS. The van der Waals surface area contributed by atoms with Crippen molar-refractivity contribution < 1.29 is 4.79 Å². The van der Waals surface area contributed by atoms with E-state index < -0.39 is 0 Å². The maximum atomic E-state index is 12.1. The third kappa shape index (κ3) is 4.45. The fraction of sp³-hybridized carbons (Fsp3) is 0.235. The van der Waals surface area contributed by atoms with Crippen molar-refractivity contribution in [3.8, 4) is 11.8 Å². The number of rotatable bonds is 4. The molecule has 0 atom stereocenters. The van der Waals surface area contributed by atoms with Crippen LogP contribution in [0.25, 0.3) is 0 Å². The lowest BCUT2D eigenvalue weighted by Crippen LogP contribution is -2.15. The van der Waals surface area contributed by atoms with Gasteiger partial charge in [0.2, 0.25) is 5.91 Å². The van der Waals surface area contributed by atoms with Gasteiger partial charge in [0.15, 0.2) is 0 Å². The highest BCUT2D eigenvalue weighted by Crippen LogP contribution is 2.18. The van der Waals surface area contributed by atoms with E-state index in [9.17, 15) is 4.79 Å². The summed E-state index contributed by atoms with van der Waals surface area (Å²) in [6.45, 7) is 2.41. The van der Waals surface area contributed by atoms with Gasteiger partial charge in [-0.15, -0.1) is 0 Å². The quantitative estimate of drug-likeness (QED) is 0.853. The normalized spacial score (nSPS) is 9.81. The first-order valence-corrected chi connectivity index (χ1v) is 7.80. The van der Waals surface area contributed by atoms with Crippen LogP contribution in [0.15, 0.2) is 35.0 Å². The van der Waals surface area contributed by atoms with Crippen molar-refractivity contribution in [2.24, 2.45) is 5.73 Å². The van der Waals surface area contributed by atoms with Crippen LogP contribution in [0.2, 0.25) is 0 Å². The number of aryl methyl sites for hydroxylation is 1. The lowest BCUT2D eigenvalue weighted by atomic mass is 10.1. The summed E-state index contributed by atoms with van der Waals surface area (Å²) in [6, 6.07) is 7.78. The molecule has 2 rings (SSSR count). The van der Waals surface area contributed by atoms with Gasteiger partial charge in [0.25, 0.3) is 0 Å². The largest absolute Gasteiger partial charge is 0.326 e. The molecule has 0 bridgehead atoms. The first-order valence-electron chi connectivity index (χ1n) is 6.85. The number of hydrogen-bond donors (Lipinski definition) is 2. The van der Waals surface area contributed by atoms with E-state index in [0.29, 0.717) is 13.0 Å². The molecule has 0 saturated carbocycles. The molecule has 21 heavy (non-hydrogen) atoms. The number of benzene rings is 1. The van der Waals surface area contributed by atoms with Crippen LogP contribution in [-0.2, 0) is 17.6 Å². The zero-order chi connectivity index (χ0) is 15.1. The van der Waals surface area contributed by atoms with Crippen LogP contribution >= 0.6 is 11.3 Å². The van der Waals surface area contributed by atoms with Gasteiger partial charge in [-0.2, -0.15) is 11.3 Å². The molecule has 1 heterocycles. The molecule has 1 aromatic heterocycles. The molecule has 0 saturated heterocycles. The summed E-state index contributed by atoms with van der Waals surface area (Å²) in [5.41, 5.74) is 9.28. The van der Waals surface area contributed by atoms with Gasteiger partial charge in [-0.05, 0) is 52.6 Å². The lowest BCUT2D eigenvalue weighted by Gasteiger charge is -2.10. The smallest absolute Gasteiger partial charge is 0.228 e. The lowest BCUT2D eigenvalue weighted by molar-refractivity contribution is -0.115. The molecule has 3 nitrogen and oxygen atoms in total. The fourth-order valence-corrected chi connectivity index (χ4v) is 2.68. The average molecular weight is 298 g/mol. The van der Waals surface area contributed by atoms with Crippen molar-refractivity contribution in [2.75, 3.05) is 11.9 Å². The molecular weight excluding hydrogens is 280 g/mol. The Hall–Kier alpha value is -2.09. The third-order valence-corrected chi connectivity index (χ3v) is 3.77. The molecule has 3 N–H and O–H groups in total. The van der Waals surface area contributed by atoms with Crippen LogP contribution in [0.1, 0.15) is 23.6 Å². The molecule has 2 aromatic rings. The monoisotopic (exact) mass is 298 g/mol. The number of thiophene rings is 1. The molecule has 0 fully saturated rings. The third-order valence-electron chi connectivity index (χ3n) is 3.04. The minimum atomic E-state index is 0.00360. The van der Waals surface area contributed by atoms with Crippen molar-refractivity contribution in [1.82, 2.24) is 0 Å². The molecule has 1 aromatic carbocycles. The van der Waals surface area contributed by atoms with E-state index >= 15 is 0 Å². The predicted molar refractivity (Wildman–Crippen MR) is 88.4 cm³/mol. The molecule has 0 aliphatic heterocycles. The van der Waals surface area contributed by atoms with Crippen molar-refractivity contribution in [1.29, 1.82) is 0 Å². The summed E-state index contributed by atoms with van der Waals surface area (Å²) in [4.78, 5) is 12.1. The predicted octanol–water partition coefficient (Wildman–Crippen LogP) is 2.80. The minimum absolute atomic E-state index is 0.00360. The van der Waals surface area contributed by atoms with Gasteiger partial charge < -0.3 is 11.1 Å². The number of nitrogens with one attached hydrogen (secondary N) is 1. The Balaban J connectivity index is 2.10. The van der Waals surface area contributed by atoms with Gasteiger partial charge in [0.05, 0.1) is 13.0 Å². The first kappa shape index (κ1) is 15.3. The van der Waals surface area contributed by atoms with Crippen molar-refractivity contribution in [2.45, 2.75) is 19.8 Å². The van der Waals surface area contributed by atoms with Crippen LogP contribution in [0, 0.1) is 11.8 Å². The minimum Gasteiger partial charge on any atom is -0.326 e. The number of carbonyl (C=O) groups excluding carboxylic acids is 1. The molecule has 108 valence electrons. The van der Waals surface area contributed by atoms with Crippen LogP contribution in [0.4, 0.5) is 5.69 Å². The van der Waals surface area contributed by atoms with E-state index in [0.717, 1.165) is 28.8 Å². The van der Waals surface area contributed by atoms with Gasteiger partial charge in [-0.1, -0.05) is 18.8 Å². The second kappa shape index (κ2) is 7.63. The van der Waals surface area contributed by atoms with E-state index in [-0.39, 0.29) is 5.91 Å². The summed E-state index contributed by atoms with van der Waals surface area (Å²) >= 11 is 1.60. The molecule has 0 radical (unpaired) electrons. The van der Waals surface area contributed by atoms with Crippen molar-refractivity contribution in [3.05, 3.63) is 51.7 Å². The summed E-state index contributed by atoms with van der Waals surface area (Å²) in [5.74, 6) is 5.85. The Morgan fingerprint density at radius 2 is 2.24 bits per heavy atom. The van der Waals surface area contributed by atoms with Gasteiger partial charge in [0, 0.05) is 11.3 Å². The van der Waals surface area contributed by atoms with Crippen LogP contribution < -0.4 is 11.1 Å². The van der Waals surface area contributed by atoms with Crippen LogP contribution in [-0.4, -0.2) is 12.5 Å². The number of anilines is 1. The molecule has 0 aliphatic carbocycles. The zero-order valence-electron chi connectivity index (χ0n) is 12.0. The summed E-state index contributed by atoms with van der Waals surface area (Å²) in [5, 5.41) is 6.94. The second-order valence-corrected chi connectivity index (χ2v) is 5.37. The van der Waals surface area contributed by atoms with E-state index in [4.69, 9.17) is 5.73 Å². The van der Waals surface area contributed by atoms with E-state index in [1.807, 2.05) is 35.0 Å². The van der Waals surface area contributed by atoms with Crippen LogP contribution in [0.3, 0.4) is 0 Å². The number of hydrogen-bond acceptors (Lipinski definition) is 3. The second-order valence-electron chi connectivity index (χ2n) is 4.59. The van der Waals surface area contributed by atoms with Gasteiger partial charge >= 0.3 is 0 Å². The highest BCUT2D eigenvalue weighted by molar-refractivity contribution is 7.08.